The number of carboxylic acids is 1. The predicted molar refractivity (Wildman–Crippen MR) is 98.5 cm³/mol. The Morgan fingerprint density at radius 3 is 2.61 bits per heavy atom. The molecule has 2 aromatic carbocycles. The Morgan fingerprint density at radius 2 is 1.87 bits per heavy atom. The molecule has 0 amide bonds. The van der Waals surface area contributed by atoms with Crippen LogP contribution in [0.3, 0.4) is 0 Å². The molecule has 5 heteroatoms. The molecule has 0 spiro atoms. The van der Waals surface area contributed by atoms with Gasteiger partial charge in [-0.25, -0.2) is 4.98 Å². The smallest absolute Gasteiger partial charge is 0.303 e. The van der Waals surface area contributed by atoms with E-state index in [-0.39, 0.29) is 6.42 Å². The number of fused-ring (bicyclic) bond motifs is 1. The van der Waals surface area contributed by atoms with Gasteiger partial charge in [-0.05, 0) is 41.8 Å². The first-order valence-corrected chi connectivity index (χ1v) is 8.77. The van der Waals surface area contributed by atoms with E-state index in [4.69, 9.17) is 5.11 Å². The SMILES string of the molecule is O=C(O)CCC(=Cc1ccccc1Br)c1nc2ccccc2s1. The number of allylic oxidation sites excluding steroid dienone is 1. The Hall–Kier alpha value is -1.98. The summed E-state index contributed by atoms with van der Waals surface area (Å²) in [5, 5.41) is 9.89. The van der Waals surface area contributed by atoms with E-state index >= 15 is 0 Å². The van der Waals surface area contributed by atoms with Gasteiger partial charge in [-0.15, -0.1) is 11.3 Å². The minimum Gasteiger partial charge on any atom is -0.481 e. The van der Waals surface area contributed by atoms with E-state index in [1.165, 1.54) is 0 Å². The summed E-state index contributed by atoms with van der Waals surface area (Å²) in [6.45, 7) is 0. The van der Waals surface area contributed by atoms with Crippen molar-refractivity contribution in [2.75, 3.05) is 0 Å². The van der Waals surface area contributed by atoms with Crippen LogP contribution in [0.1, 0.15) is 23.4 Å². The van der Waals surface area contributed by atoms with Crippen LogP contribution < -0.4 is 0 Å². The second-order valence-corrected chi connectivity index (χ2v) is 6.96. The molecule has 0 atom stereocenters. The van der Waals surface area contributed by atoms with Crippen LogP contribution >= 0.6 is 27.3 Å². The summed E-state index contributed by atoms with van der Waals surface area (Å²) in [5.41, 5.74) is 2.91. The Bertz CT molecular complexity index is 852. The molecule has 116 valence electrons. The van der Waals surface area contributed by atoms with Gasteiger partial charge in [0.05, 0.1) is 10.2 Å². The summed E-state index contributed by atoms with van der Waals surface area (Å²) in [6.07, 6.45) is 2.56. The Morgan fingerprint density at radius 1 is 1.13 bits per heavy atom. The number of thiazole rings is 1. The summed E-state index contributed by atoms with van der Waals surface area (Å²) in [7, 11) is 0. The van der Waals surface area contributed by atoms with E-state index in [1.54, 1.807) is 11.3 Å². The molecule has 1 aromatic heterocycles. The van der Waals surface area contributed by atoms with Gasteiger partial charge in [-0.3, -0.25) is 4.79 Å². The highest BCUT2D eigenvalue weighted by atomic mass is 79.9. The van der Waals surface area contributed by atoms with Crippen LogP contribution in [0.2, 0.25) is 0 Å². The maximum Gasteiger partial charge on any atom is 0.303 e. The normalized spacial score (nSPS) is 11.8. The Balaban J connectivity index is 2.04. The van der Waals surface area contributed by atoms with E-state index in [9.17, 15) is 4.79 Å². The molecule has 0 aliphatic carbocycles. The number of aromatic nitrogens is 1. The number of rotatable bonds is 5. The van der Waals surface area contributed by atoms with Crippen molar-refractivity contribution < 1.29 is 9.90 Å². The lowest BCUT2D eigenvalue weighted by molar-refractivity contribution is -0.136. The zero-order valence-corrected chi connectivity index (χ0v) is 14.6. The summed E-state index contributed by atoms with van der Waals surface area (Å²) < 4.78 is 2.09. The van der Waals surface area contributed by atoms with Gasteiger partial charge in [0.25, 0.3) is 0 Å². The Kier molecular flexibility index (Phi) is 4.88. The topological polar surface area (TPSA) is 50.2 Å². The molecule has 3 rings (SSSR count). The van der Waals surface area contributed by atoms with Gasteiger partial charge < -0.3 is 5.11 Å². The zero-order chi connectivity index (χ0) is 16.2. The van der Waals surface area contributed by atoms with Crippen molar-refractivity contribution in [2.24, 2.45) is 0 Å². The monoisotopic (exact) mass is 387 g/mol. The number of benzene rings is 2. The van der Waals surface area contributed by atoms with E-state index in [2.05, 4.69) is 20.9 Å². The molecule has 0 aliphatic rings. The summed E-state index contributed by atoms with van der Waals surface area (Å²) in [4.78, 5) is 15.6. The highest BCUT2D eigenvalue weighted by Gasteiger charge is 2.11. The van der Waals surface area contributed by atoms with Crippen LogP contribution in [0.15, 0.2) is 53.0 Å². The van der Waals surface area contributed by atoms with Gasteiger partial charge in [0.1, 0.15) is 5.01 Å². The van der Waals surface area contributed by atoms with Crippen molar-refractivity contribution in [3.8, 4) is 0 Å². The lowest BCUT2D eigenvalue weighted by atomic mass is 10.1. The van der Waals surface area contributed by atoms with Crippen LogP contribution in [-0.4, -0.2) is 16.1 Å². The average Bonchev–Trinajstić information content (AvgIpc) is 2.96. The third-order valence-corrected chi connectivity index (χ3v) is 5.25. The van der Waals surface area contributed by atoms with E-state index in [0.29, 0.717) is 6.42 Å². The highest BCUT2D eigenvalue weighted by Crippen LogP contribution is 2.32. The number of hydrogen-bond acceptors (Lipinski definition) is 3. The Labute approximate surface area is 146 Å². The molecule has 1 N–H and O–H groups in total. The van der Waals surface area contributed by atoms with Crippen molar-refractivity contribution >= 4 is 55.1 Å². The number of para-hydroxylation sites is 1. The van der Waals surface area contributed by atoms with Crippen molar-refractivity contribution in [1.29, 1.82) is 0 Å². The molecule has 3 aromatic rings. The van der Waals surface area contributed by atoms with Crippen LogP contribution in [0.5, 0.6) is 0 Å². The quantitative estimate of drug-likeness (QED) is 0.631. The van der Waals surface area contributed by atoms with Crippen LogP contribution in [0.4, 0.5) is 0 Å². The maximum atomic E-state index is 11.0. The lowest BCUT2D eigenvalue weighted by Crippen LogP contribution is -1.95. The lowest BCUT2D eigenvalue weighted by Gasteiger charge is -2.04. The molecule has 23 heavy (non-hydrogen) atoms. The van der Waals surface area contributed by atoms with Gasteiger partial charge in [0, 0.05) is 10.9 Å². The first-order valence-electron chi connectivity index (χ1n) is 7.16. The number of halogens is 1. The second kappa shape index (κ2) is 7.06. The van der Waals surface area contributed by atoms with Gasteiger partial charge in [0.2, 0.25) is 0 Å². The van der Waals surface area contributed by atoms with E-state index in [0.717, 1.165) is 30.8 Å². The van der Waals surface area contributed by atoms with Crippen LogP contribution in [0.25, 0.3) is 21.9 Å². The van der Waals surface area contributed by atoms with Crippen molar-refractivity contribution in [2.45, 2.75) is 12.8 Å². The van der Waals surface area contributed by atoms with E-state index in [1.807, 2.05) is 54.6 Å². The van der Waals surface area contributed by atoms with Crippen molar-refractivity contribution in [3.05, 3.63) is 63.6 Å². The largest absolute Gasteiger partial charge is 0.481 e. The number of carboxylic acid groups (broad SMARTS) is 1. The minimum atomic E-state index is -0.802. The fourth-order valence-corrected chi connectivity index (χ4v) is 3.68. The van der Waals surface area contributed by atoms with Crippen molar-refractivity contribution in [3.63, 3.8) is 0 Å². The van der Waals surface area contributed by atoms with Crippen LogP contribution in [0, 0.1) is 0 Å². The first kappa shape index (κ1) is 15.9. The maximum absolute atomic E-state index is 11.0. The third-order valence-electron chi connectivity index (χ3n) is 3.41. The minimum absolute atomic E-state index is 0.0895. The number of hydrogen-bond donors (Lipinski definition) is 1. The van der Waals surface area contributed by atoms with Gasteiger partial charge in [0.15, 0.2) is 0 Å². The molecular formula is C18H14BrNO2S. The molecule has 1 heterocycles. The summed E-state index contributed by atoms with van der Waals surface area (Å²) >= 11 is 5.13. The molecule has 0 saturated carbocycles. The number of carbonyl (C=O) groups is 1. The molecule has 0 unspecified atom stereocenters. The van der Waals surface area contributed by atoms with Gasteiger partial charge >= 0.3 is 5.97 Å². The highest BCUT2D eigenvalue weighted by molar-refractivity contribution is 9.10. The first-order chi connectivity index (χ1) is 11.1. The standard InChI is InChI=1S/C18H14BrNO2S/c19-14-6-2-1-5-12(14)11-13(9-10-17(21)22)18-20-15-7-3-4-8-16(15)23-18/h1-8,11H,9-10H2,(H,21,22). The number of aliphatic carboxylic acids is 1. The molecule has 0 aliphatic heterocycles. The molecule has 3 nitrogen and oxygen atoms in total. The predicted octanol–water partition coefficient (Wildman–Crippen LogP) is 5.46. The summed E-state index contributed by atoms with van der Waals surface area (Å²) in [6, 6.07) is 15.8. The third kappa shape index (κ3) is 3.86. The fraction of sp³-hybridized carbons (Fsp3) is 0.111. The fourth-order valence-electron chi connectivity index (χ4n) is 2.27. The van der Waals surface area contributed by atoms with Crippen LogP contribution in [-0.2, 0) is 4.79 Å². The number of nitrogens with zero attached hydrogens (tertiary/aromatic N) is 1. The molecule has 0 saturated heterocycles. The second-order valence-electron chi connectivity index (χ2n) is 5.07. The summed E-state index contributed by atoms with van der Waals surface area (Å²) in [5.74, 6) is -0.802. The van der Waals surface area contributed by atoms with Gasteiger partial charge in [-0.2, -0.15) is 0 Å². The zero-order valence-electron chi connectivity index (χ0n) is 12.2. The van der Waals surface area contributed by atoms with Crippen molar-refractivity contribution in [1.82, 2.24) is 4.98 Å². The average molecular weight is 388 g/mol. The molecule has 0 bridgehead atoms. The molecular weight excluding hydrogens is 374 g/mol. The molecule has 0 radical (unpaired) electrons. The van der Waals surface area contributed by atoms with Gasteiger partial charge in [-0.1, -0.05) is 46.3 Å². The molecule has 0 fully saturated rings. The van der Waals surface area contributed by atoms with E-state index < -0.39 is 5.97 Å².